The van der Waals surface area contributed by atoms with Gasteiger partial charge in [-0.2, -0.15) is 0 Å². The third-order valence-electron chi connectivity index (χ3n) is 4.31. The Balaban J connectivity index is 1.64. The van der Waals surface area contributed by atoms with Gasteiger partial charge in [-0.25, -0.2) is 0 Å². The van der Waals surface area contributed by atoms with Crippen molar-refractivity contribution in [1.29, 1.82) is 0 Å². The minimum atomic E-state index is 0.955. The van der Waals surface area contributed by atoms with Crippen LogP contribution in [0.4, 0.5) is 17.1 Å². The zero-order valence-electron chi connectivity index (χ0n) is 14.9. The standard InChI is InChI=1S/C25H20N2/c1-3-10-23(11-4-1)27(24-12-5-2-6-13-24)25-18-15-21(16-19-25)14-17-22-9-7-8-20-26-22/h1-20H/b17-14+. The topological polar surface area (TPSA) is 16.1 Å². The minimum absolute atomic E-state index is 0.955. The molecule has 0 aliphatic carbocycles. The van der Waals surface area contributed by atoms with Crippen molar-refractivity contribution in [2.75, 3.05) is 4.90 Å². The molecule has 0 spiro atoms. The summed E-state index contributed by atoms with van der Waals surface area (Å²) in [5, 5.41) is 0. The highest BCUT2D eigenvalue weighted by molar-refractivity contribution is 5.77. The molecule has 1 aromatic heterocycles. The van der Waals surface area contributed by atoms with Crippen LogP contribution in [0.5, 0.6) is 0 Å². The maximum absolute atomic E-state index is 4.32. The number of benzene rings is 3. The summed E-state index contributed by atoms with van der Waals surface area (Å²) in [4.78, 5) is 6.58. The van der Waals surface area contributed by atoms with Crippen LogP contribution < -0.4 is 4.90 Å². The smallest absolute Gasteiger partial charge is 0.0629 e. The van der Waals surface area contributed by atoms with Gasteiger partial charge in [-0.1, -0.05) is 60.7 Å². The number of pyridine rings is 1. The fourth-order valence-electron chi connectivity index (χ4n) is 2.99. The van der Waals surface area contributed by atoms with E-state index >= 15 is 0 Å². The van der Waals surface area contributed by atoms with Gasteiger partial charge in [0.1, 0.15) is 0 Å². The lowest BCUT2D eigenvalue weighted by molar-refractivity contribution is 1.28. The molecule has 130 valence electrons. The van der Waals surface area contributed by atoms with E-state index in [0.717, 1.165) is 28.3 Å². The number of aromatic nitrogens is 1. The van der Waals surface area contributed by atoms with Gasteiger partial charge in [0.25, 0.3) is 0 Å². The molecule has 0 bridgehead atoms. The Bertz CT molecular complexity index is 953. The zero-order chi connectivity index (χ0) is 18.3. The second kappa shape index (κ2) is 8.15. The van der Waals surface area contributed by atoms with E-state index in [9.17, 15) is 0 Å². The molecule has 1 heterocycles. The Morgan fingerprint density at radius 3 is 1.63 bits per heavy atom. The van der Waals surface area contributed by atoms with Crippen LogP contribution in [0.3, 0.4) is 0 Å². The summed E-state index contributed by atoms with van der Waals surface area (Å²) in [6.07, 6.45) is 5.92. The van der Waals surface area contributed by atoms with Crippen molar-refractivity contribution in [2.45, 2.75) is 0 Å². The molecule has 0 radical (unpaired) electrons. The zero-order valence-corrected chi connectivity index (χ0v) is 14.9. The fraction of sp³-hybridized carbons (Fsp3) is 0. The molecule has 0 unspecified atom stereocenters. The number of hydrogen-bond acceptors (Lipinski definition) is 2. The molecule has 0 saturated carbocycles. The van der Waals surface area contributed by atoms with Crippen molar-refractivity contribution in [1.82, 2.24) is 4.98 Å². The predicted molar refractivity (Wildman–Crippen MR) is 114 cm³/mol. The van der Waals surface area contributed by atoms with E-state index in [0.29, 0.717) is 0 Å². The Kier molecular flexibility index (Phi) is 5.07. The summed E-state index contributed by atoms with van der Waals surface area (Å²) < 4.78 is 0. The number of nitrogens with zero attached hydrogens (tertiary/aromatic N) is 2. The van der Waals surface area contributed by atoms with Gasteiger partial charge in [-0.3, -0.25) is 4.98 Å². The third-order valence-corrected chi connectivity index (χ3v) is 4.31. The highest BCUT2D eigenvalue weighted by Crippen LogP contribution is 2.34. The molecule has 2 nitrogen and oxygen atoms in total. The Hall–Kier alpha value is -3.65. The Morgan fingerprint density at radius 2 is 1.07 bits per heavy atom. The molecule has 0 amide bonds. The molecule has 4 rings (SSSR count). The first-order chi connectivity index (χ1) is 13.4. The van der Waals surface area contributed by atoms with Crippen LogP contribution in [0.2, 0.25) is 0 Å². The SMILES string of the molecule is C(=C\c1ccccn1)/c1ccc(N(c2ccccc2)c2ccccc2)cc1. The summed E-state index contributed by atoms with van der Waals surface area (Å²) in [5.74, 6) is 0. The molecule has 0 aliphatic heterocycles. The van der Waals surface area contributed by atoms with E-state index in [1.165, 1.54) is 0 Å². The first-order valence-electron chi connectivity index (χ1n) is 8.99. The Morgan fingerprint density at radius 1 is 0.519 bits per heavy atom. The summed E-state index contributed by atoms with van der Waals surface area (Å²) in [5.41, 5.74) is 5.51. The lowest BCUT2D eigenvalue weighted by atomic mass is 10.1. The lowest BCUT2D eigenvalue weighted by Gasteiger charge is -2.25. The van der Waals surface area contributed by atoms with Crippen molar-refractivity contribution >= 4 is 29.2 Å². The normalized spacial score (nSPS) is 10.8. The Labute approximate surface area is 160 Å². The van der Waals surface area contributed by atoms with Gasteiger partial charge in [-0.05, 0) is 60.2 Å². The van der Waals surface area contributed by atoms with Gasteiger partial charge in [0.2, 0.25) is 0 Å². The summed E-state index contributed by atoms with van der Waals surface area (Å²) >= 11 is 0. The number of hydrogen-bond donors (Lipinski definition) is 0. The molecule has 2 heteroatoms. The molecular formula is C25H20N2. The monoisotopic (exact) mass is 348 g/mol. The summed E-state index contributed by atoms with van der Waals surface area (Å²) in [7, 11) is 0. The second-order valence-corrected chi connectivity index (χ2v) is 6.19. The van der Waals surface area contributed by atoms with Gasteiger partial charge in [0.15, 0.2) is 0 Å². The fourth-order valence-corrected chi connectivity index (χ4v) is 2.99. The van der Waals surface area contributed by atoms with Crippen LogP contribution in [0.1, 0.15) is 11.3 Å². The molecule has 0 aliphatic rings. The molecule has 27 heavy (non-hydrogen) atoms. The van der Waals surface area contributed by atoms with E-state index < -0.39 is 0 Å². The van der Waals surface area contributed by atoms with Crippen molar-refractivity contribution in [3.63, 3.8) is 0 Å². The quantitative estimate of drug-likeness (QED) is 0.398. The molecule has 4 aromatic rings. The second-order valence-electron chi connectivity index (χ2n) is 6.19. The number of rotatable bonds is 5. The van der Waals surface area contributed by atoms with Crippen molar-refractivity contribution < 1.29 is 0 Å². The molecular weight excluding hydrogens is 328 g/mol. The van der Waals surface area contributed by atoms with Crippen molar-refractivity contribution in [3.8, 4) is 0 Å². The van der Waals surface area contributed by atoms with Crippen LogP contribution in [0.15, 0.2) is 109 Å². The average Bonchev–Trinajstić information content (AvgIpc) is 2.76. The highest BCUT2D eigenvalue weighted by atomic mass is 15.1. The molecule has 0 atom stereocenters. The first-order valence-corrected chi connectivity index (χ1v) is 8.99. The summed E-state index contributed by atoms with van der Waals surface area (Å²) in [6, 6.07) is 35.3. The van der Waals surface area contributed by atoms with Gasteiger partial charge in [0.05, 0.1) is 5.69 Å². The molecule has 0 saturated heterocycles. The highest BCUT2D eigenvalue weighted by Gasteiger charge is 2.11. The third kappa shape index (κ3) is 4.13. The van der Waals surface area contributed by atoms with Crippen LogP contribution in [0, 0.1) is 0 Å². The summed E-state index contributed by atoms with van der Waals surface area (Å²) in [6.45, 7) is 0. The first kappa shape index (κ1) is 16.8. The van der Waals surface area contributed by atoms with E-state index in [1.54, 1.807) is 6.20 Å². The van der Waals surface area contributed by atoms with Crippen molar-refractivity contribution in [3.05, 3.63) is 121 Å². The van der Waals surface area contributed by atoms with E-state index in [1.807, 2.05) is 36.4 Å². The van der Waals surface area contributed by atoms with E-state index in [-0.39, 0.29) is 0 Å². The largest absolute Gasteiger partial charge is 0.311 e. The lowest BCUT2D eigenvalue weighted by Crippen LogP contribution is -2.09. The van der Waals surface area contributed by atoms with Gasteiger partial charge >= 0.3 is 0 Å². The van der Waals surface area contributed by atoms with Crippen molar-refractivity contribution in [2.24, 2.45) is 0 Å². The molecule has 3 aromatic carbocycles. The molecule has 0 fully saturated rings. The molecule has 0 N–H and O–H groups in total. The van der Waals surface area contributed by atoms with Gasteiger partial charge in [-0.15, -0.1) is 0 Å². The van der Waals surface area contributed by atoms with E-state index in [2.05, 4.69) is 88.8 Å². The maximum Gasteiger partial charge on any atom is 0.0629 e. The minimum Gasteiger partial charge on any atom is -0.311 e. The number of para-hydroxylation sites is 2. The van der Waals surface area contributed by atoms with Crippen LogP contribution >= 0.6 is 0 Å². The van der Waals surface area contributed by atoms with Gasteiger partial charge in [0, 0.05) is 23.3 Å². The van der Waals surface area contributed by atoms with Gasteiger partial charge < -0.3 is 4.90 Å². The van der Waals surface area contributed by atoms with E-state index in [4.69, 9.17) is 0 Å². The number of anilines is 3. The maximum atomic E-state index is 4.32. The van der Waals surface area contributed by atoms with Crippen LogP contribution in [0.25, 0.3) is 12.2 Å². The van der Waals surface area contributed by atoms with Crippen LogP contribution in [-0.2, 0) is 0 Å². The predicted octanol–water partition coefficient (Wildman–Crippen LogP) is 6.72. The average molecular weight is 348 g/mol. The van der Waals surface area contributed by atoms with Crippen LogP contribution in [-0.4, -0.2) is 4.98 Å².